The van der Waals surface area contributed by atoms with Crippen LogP contribution in [0.4, 0.5) is 0 Å². The highest BCUT2D eigenvalue weighted by Gasteiger charge is 2.22. The van der Waals surface area contributed by atoms with Crippen LogP contribution < -0.4 is 5.32 Å². The molecule has 6 heteroatoms. The first-order chi connectivity index (χ1) is 8.27. The summed E-state index contributed by atoms with van der Waals surface area (Å²) in [5.74, 6) is 0.940. The Morgan fingerprint density at radius 1 is 1.41 bits per heavy atom. The van der Waals surface area contributed by atoms with Crippen molar-refractivity contribution < 1.29 is 4.92 Å². The van der Waals surface area contributed by atoms with Gasteiger partial charge >= 0.3 is 5.03 Å². The van der Waals surface area contributed by atoms with Gasteiger partial charge in [-0.3, -0.25) is 10.1 Å². The summed E-state index contributed by atoms with van der Waals surface area (Å²) in [6.45, 7) is 0.815. The fourth-order valence-electron chi connectivity index (χ4n) is 1.40. The smallest absolute Gasteiger partial charge is 0.337 e. The van der Waals surface area contributed by atoms with E-state index in [2.05, 4.69) is 5.32 Å². The topological polar surface area (TPSA) is 55.2 Å². The third-order valence-electron chi connectivity index (χ3n) is 2.17. The Hall–Kier alpha value is -1.14. The maximum atomic E-state index is 11.1. The fourth-order valence-corrected chi connectivity index (χ4v) is 3.36. The van der Waals surface area contributed by atoms with Crippen LogP contribution in [0.3, 0.4) is 0 Å². The third kappa shape index (κ3) is 3.41. The van der Waals surface area contributed by atoms with E-state index in [0.717, 1.165) is 23.6 Å². The lowest BCUT2D eigenvalue weighted by atomic mass is 10.4. The molecule has 0 radical (unpaired) electrons. The number of nitrogens with zero attached hydrogens (tertiary/aromatic N) is 1. The molecule has 1 aromatic rings. The van der Waals surface area contributed by atoms with Crippen molar-refractivity contribution in [3.63, 3.8) is 0 Å². The Labute approximate surface area is 108 Å². The molecule has 1 fully saturated rings. The highest BCUT2D eigenvalue weighted by atomic mass is 32.2. The number of nitrogens with one attached hydrogen (secondary N) is 1. The molecule has 0 atom stereocenters. The predicted octanol–water partition coefficient (Wildman–Crippen LogP) is 2.91. The second-order valence-corrected chi connectivity index (χ2v) is 5.60. The highest BCUT2D eigenvalue weighted by molar-refractivity contribution is 8.06. The van der Waals surface area contributed by atoms with E-state index >= 15 is 0 Å². The van der Waals surface area contributed by atoms with Crippen LogP contribution in [-0.4, -0.2) is 17.2 Å². The summed E-state index contributed by atoms with van der Waals surface area (Å²) in [7, 11) is 0. The molecule has 90 valence electrons. The minimum atomic E-state index is -0.307. The molecule has 0 unspecified atom stereocenters. The van der Waals surface area contributed by atoms with Gasteiger partial charge in [0.2, 0.25) is 0 Å². The van der Waals surface area contributed by atoms with Crippen LogP contribution in [0.1, 0.15) is 6.42 Å². The molecule has 1 heterocycles. The molecule has 0 bridgehead atoms. The summed E-state index contributed by atoms with van der Waals surface area (Å²) in [5, 5.41) is 15.1. The summed E-state index contributed by atoms with van der Waals surface area (Å²) in [4.78, 5) is 11.7. The number of rotatable bonds is 3. The van der Waals surface area contributed by atoms with Crippen LogP contribution in [-0.2, 0) is 0 Å². The van der Waals surface area contributed by atoms with Crippen molar-refractivity contribution in [3.8, 4) is 0 Å². The molecule has 1 N–H and O–H groups in total. The van der Waals surface area contributed by atoms with E-state index in [4.69, 9.17) is 0 Å². The van der Waals surface area contributed by atoms with E-state index in [1.165, 1.54) is 23.5 Å². The summed E-state index contributed by atoms with van der Waals surface area (Å²) in [6, 6.07) is 9.42. The van der Waals surface area contributed by atoms with Crippen LogP contribution in [0.2, 0.25) is 0 Å². The Morgan fingerprint density at radius 2 is 2.18 bits per heavy atom. The third-order valence-corrected chi connectivity index (χ3v) is 4.47. The number of hydrogen-bond acceptors (Lipinski definition) is 5. The summed E-state index contributed by atoms with van der Waals surface area (Å²) in [6.07, 6.45) is 1.05. The van der Waals surface area contributed by atoms with Crippen LogP contribution in [0.15, 0.2) is 45.3 Å². The van der Waals surface area contributed by atoms with Crippen molar-refractivity contribution >= 4 is 23.5 Å². The lowest BCUT2D eigenvalue weighted by Crippen LogP contribution is -2.21. The van der Waals surface area contributed by atoms with E-state index in [1.807, 2.05) is 30.3 Å². The summed E-state index contributed by atoms with van der Waals surface area (Å²) >= 11 is 2.73. The molecule has 0 amide bonds. The molecule has 1 aliphatic heterocycles. The number of benzene rings is 1. The second-order valence-electron chi connectivity index (χ2n) is 3.44. The van der Waals surface area contributed by atoms with Crippen molar-refractivity contribution in [3.05, 3.63) is 50.5 Å². The van der Waals surface area contributed by atoms with E-state index in [-0.39, 0.29) is 9.95 Å². The normalized spacial score (nSPS) is 18.4. The van der Waals surface area contributed by atoms with Gasteiger partial charge in [-0.15, -0.1) is 11.8 Å². The molecule has 1 aliphatic rings. The monoisotopic (exact) mass is 268 g/mol. The van der Waals surface area contributed by atoms with Gasteiger partial charge in [0.15, 0.2) is 5.03 Å². The molecule has 0 aliphatic carbocycles. The van der Waals surface area contributed by atoms with Gasteiger partial charge in [0, 0.05) is 17.2 Å². The van der Waals surface area contributed by atoms with Crippen molar-refractivity contribution in [2.45, 2.75) is 11.3 Å². The van der Waals surface area contributed by atoms with Gasteiger partial charge in [-0.05, 0) is 30.3 Å². The summed E-state index contributed by atoms with van der Waals surface area (Å²) < 4.78 is 0. The van der Waals surface area contributed by atoms with Crippen molar-refractivity contribution in [2.24, 2.45) is 0 Å². The Morgan fingerprint density at radius 3 is 2.76 bits per heavy atom. The molecule has 1 saturated heterocycles. The minimum Gasteiger partial charge on any atom is -0.374 e. The molecular formula is C11H12N2O2S2. The minimum absolute atomic E-state index is 0.195. The van der Waals surface area contributed by atoms with Gasteiger partial charge in [0.05, 0.1) is 4.92 Å². The number of thioether (sulfide) groups is 2. The maximum Gasteiger partial charge on any atom is 0.337 e. The molecule has 1 aromatic carbocycles. The fraction of sp³-hybridized carbons (Fsp3) is 0.273. The van der Waals surface area contributed by atoms with Crippen LogP contribution >= 0.6 is 23.5 Å². The largest absolute Gasteiger partial charge is 0.374 e. The van der Waals surface area contributed by atoms with Crippen molar-refractivity contribution in [1.29, 1.82) is 0 Å². The molecule has 0 saturated carbocycles. The number of hydrogen-bond donors (Lipinski definition) is 1. The van der Waals surface area contributed by atoms with Gasteiger partial charge in [-0.1, -0.05) is 18.2 Å². The van der Waals surface area contributed by atoms with Crippen molar-refractivity contribution in [1.82, 2.24) is 5.32 Å². The van der Waals surface area contributed by atoms with E-state index in [0.29, 0.717) is 5.03 Å². The van der Waals surface area contributed by atoms with Gasteiger partial charge < -0.3 is 5.32 Å². The standard InChI is InChI=1S/C11H12N2O2S2/c14-13(15)11(10-12-7-4-8-16-10)17-9-5-2-1-3-6-9/h1-3,5-6,12H,4,7-8H2/b11-10-. The molecule has 2 rings (SSSR count). The molecular weight excluding hydrogens is 256 g/mol. The van der Waals surface area contributed by atoms with Gasteiger partial charge in [0.1, 0.15) is 0 Å². The lowest BCUT2D eigenvalue weighted by Gasteiger charge is -2.15. The Kier molecular flexibility index (Phi) is 4.33. The van der Waals surface area contributed by atoms with Crippen LogP contribution in [0.5, 0.6) is 0 Å². The SMILES string of the molecule is O=[N+]([O-])/C(Sc1ccccc1)=C1\NCCCS1. The van der Waals surface area contributed by atoms with E-state index in [9.17, 15) is 10.1 Å². The quantitative estimate of drug-likeness (QED) is 0.519. The van der Waals surface area contributed by atoms with Gasteiger partial charge in [-0.2, -0.15) is 0 Å². The van der Waals surface area contributed by atoms with Gasteiger partial charge in [0.25, 0.3) is 0 Å². The predicted molar refractivity (Wildman–Crippen MR) is 71.4 cm³/mol. The summed E-state index contributed by atoms with van der Waals surface area (Å²) in [5.41, 5.74) is 0. The number of nitro groups is 1. The van der Waals surface area contributed by atoms with Crippen molar-refractivity contribution in [2.75, 3.05) is 12.3 Å². The molecule has 4 nitrogen and oxygen atoms in total. The Balaban J connectivity index is 2.21. The zero-order valence-electron chi connectivity index (χ0n) is 9.09. The molecule has 0 aromatic heterocycles. The van der Waals surface area contributed by atoms with Crippen LogP contribution in [0, 0.1) is 10.1 Å². The molecule has 0 spiro atoms. The lowest BCUT2D eigenvalue weighted by molar-refractivity contribution is -0.411. The van der Waals surface area contributed by atoms with E-state index < -0.39 is 0 Å². The zero-order chi connectivity index (χ0) is 12.1. The zero-order valence-corrected chi connectivity index (χ0v) is 10.7. The highest BCUT2D eigenvalue weighted by Crippen LogP contribution is 2.33. The maximum absolute atomic E-state index is 11.1. The first-order valence-corrected chi connectivity index (χ1v) is 7.06. The molecule has 17 heavy (non-hydrogen) atoms. The average Bonchev–Trinajstić information content (AvgIpc) is 2.38. The van der Waals surface area contributed by atoms with Crippen LogP contribution in [0.25, 0.3) is 0 Å². The second kappa shape index (κ2) is 5.97. The van der Waals surface area contributed by atoms with E-state index in [1.54, 1.807) is 0 Å². The first-order valence-electron chi connectivity index (χ1n) is 5.25. The average molecular weight is 268 g/mol. The first kappa shape index (κ1) is 12.3. The van der Waals surface area contributed by atoms with Gasteiger partial charge in [-0.25, -0.2) is 0 Å². The Bertz CT molecular complexity index is 426.